The van der Waals surface area contributed by atoms with E-state index in [0.717, 1.165) is 10.3 Å². The van der Waals surface area contributed by atoms with Gasteiger partial charge in [-0.1, -0.05) is 48.5 Å². The maximum Gasteiger partial charge on any atom is 0.305 e. The lowest BCUT2D eigenvalue weighted by atomic mass is 10.0. The van der Waals surface area contributed by atoms with Crippen LogP contribution in [0.2, 0.25) is 0 Å². The first-order valence-corrected chi connectivity index (χ1v) is 12.7. The fourth-order valence-electron chi connectivity index (χ4n) is 4.67. The number of carbonyl (C=O) groups is 6. The van der Waals surface area contributed by atoms with Crippen LogP contribution in [-0.2, 0) is 28.7 Å². The monoisotopic (exact) mass is 560 g/mol. The Labute approximate surface area is 234 Å². The molecule has 41 heavy (non-hydrogen) atoms. The number of nitrogens with zero attached hydrogens (tertiary/aromatic N) is 2. The normalized spacial score (nSPS) is 15.4. The molecule has 4 rings (SSSR count). The number of para-hydroxylation sites is 2. The van der Waals surface area contributed by atoms with E-state index in [0.29, 0.717) is 22.9 Å². The van der Waals surface area contributed by atoms with E-state index in [1.165, 1.54) is 18.1 Å². The lowest BCUT2D eigenvalue weighted by molar-refractivity contribution is -0.139. The third-order valence-electron chi connectivity index (χ3n) is 6.51. The molecule has 2 atom stereocenters. The molecule has 4 amide bonds. The highest BCUT2D eigenvalue weighted by Crippen LogP contribution is 2.33. The first-order valence-electron chi connectivity index (χ1n) is 12.7. The zero-order valence-electron chi connectivity index (χ0n) is 22.1. The van der Waals surface area contributed by atoms with E-state index in [1.807, 2.05) is 18.2 Å². The molecule has 0 bridgehead atoms. The molecule has 3 aromatic carbocycles. The van der Waals surface area contributed by atoms with Crippen molar-refractivity contribution in [2.24, 2.45) is 0 Å². The first-order chi connectivity index (χ1) is 19.7. The molecule has 0 fully saturated rings. The third kappa shape index (κ3) is 6.56. The molecular formula is C29H28N4O8. The predicted molar refractivity (Wildman–Crippen MR) is 148 cm³/mol. The van der Waals surface area contributed by atoms with Gasteiger partial charge in [0.15, 0.2) is 0 Å². The quantitative estimate of drug-likeness (QED) is 0.311. The Bertz CT molecular complexity index is 1500. The smallest absolute Gasteiger partial charge is 0.305 e. The summed E-state index contributed by atoms with van der Waals surface area (Å²) in [6, 6.07) is 16.3. The second kappa shape index (κ2) is 12.8. The number of anilines is 2. The van der Waals surface area contributed by atoms with Gasteiger partial charge in [0, 0.05) is 12.7 Å². The van der Waals surface area contributed by atoms with Gasteiger partial charge in [0.1, 0.15) is 25.5 Å². The Morgan fingerprint density at radius 3 is 2.41 bits per heavy atom. The highest BCUT2D eigenvalue weighted by atomic mass is 16.5. The van der Waals surface area contributed by atoms with Crippen LogP contribution in [0, 0.1) is 0 Å². The molecule has 0 spiro atoms. The first kappa shape index (κ1) is 28.9. The van der Waals surface area contributed by atoms with E-state index in [-0.39, 0.29) is 18.8 Å². The number of carboxylic acid groups (broad SMARTS) is 1. The van der Waals surface area contributed by atoms with Gasteiger partial charge < -0.3 is 30.2 Å². The van der Waals surface area contributed by atoms with Crippen molar-refractivity contribution in [3.63, 3.8) is 0 Å². The molecule has 0 aliphatic carbocycles. The van der Waals surface area contributed by atoms with E-state index in [2.05, 4.69) is 10.6 Å². The van der Waals surface area contributed by atoms with Crippen molar-refractivity contribution in [2.45, 2.75) is 18.5 Å². The minimum absolute atomic E-state index is 0.208. The Kier molecular flexibility index (Phi) is 9.05. The van der Waals surface area contributed by atoms with Gasteiger partial charge in [-0.3, -0.25) is 28.9 Å². The minimum Gasteiger partial charge on any atom is -0.481 e. The number of rotatable bonds is 10. The summed E-state index contributed by atoms with van der Waals surface area (Å²) in [4.78, 5) is 78.2. The number of amides is 4. The molecule has 1 heterocycles. The van der Waals surface area contributed by atoms with Crippen LogP contribution < -0.4 is 20.4 Å². The fourth-order valence-corrected chi connectivity index (χ4v) is 4.67. The van der Waals surface area contributed by atoms with E-state index < -0.39 is 54.6 Å². The number of fused-ring (bicyclic) bond motifs is 2. The molecule has 12 heteroatoms. The average Bonchev–Trinajstić information content (AvgIpc) is 3.07. The summed E-state index contributed by atoms with van der Waals surface area (Å²) in [6.07, 6.45) is -0.342. The van der Waals surface area contributed by atoms with Crippen LogP contribution in [0.5, 0.6) is 0 Å². The summed E-state index contributed by atoms with van der Waals surface area (Å²) < 4.78 is 5.03. The number of carbonyl (C=O) groups excluding carboxylic acids is 5. The standard InChI is InChI=1S/C29H28N4O8/c1-41-17-26(36)32-14-22(31-28(39)21-10-6-8-18-7-2-3-9-20(18)21)29(40)33(24-12-5-4-11-23(24)32)15-25(35)30-19(16-34)13-27(37)38/h2-12,16,19,22H,13-15,17H2,1H3,(H,30,35)(H,31,39)(H,37,38)/t19-,22?/m0/s1. The number of carboxylic acids is 1. The molecule has 3 N–H and O–H groups in total. The topological polar surface area (TPSA) is 162 Å². The van der Waals surface area contributed by atoms with Crippen LogP contribution in [-0.4, -0.2) is 79.9 Å². The molecule has 1 aliphatic heterocycles. The van der Waals surface area contributed by atoms with Crippen LogP contribution >= 0.6 is 0 Å². The van der Waals surface area contributed by atoms with Crippen LogP contribution in [0.4, 0.5) is 11.4 Å². The SMILES string of the molecule is COCC(=O)N1CC(NC(=O)c2cccc3ccccc23)C(=O)N(CC(=O)N[C@H](C=O)CC(=O)O)c2ccccc21. The second-order valence-corrected chi connectivity index (χ2v) is 9.31. The van der Waals surface area contributed by atoms with Gasteiger partial charge in [-0.25, -0.2) is 0 Å². The molecular weight excluding hydrogens is 532 g/mol. The lowest BCUT2D eigenvalue weighted by Gasteiger charge is -2.25. The summed E-state index contributed by atoms with van der Waals surface area (Å²) in [7, 11) is 1.35. The summed E-state index contributed by atoms with van der Waals surface area (Å²) in [6.45, 7) is -1.15. The number of aldehydes is 1. The van der Waals surface area contributed by atoms with Gasteiger partial charge in [0.25, 0.3) is 17.7 Å². The number of methoxy groups -OCH3 is 1. The van der Waals surface area contributed by atoms with E-state index >= 15 is 0 Å². The molecule has 1 aliphatic rings. The number of hydrogen-bond acceptors (Lipinski definition) is 7. The van der Waals surface area contributed by atoms with Crippen molar-refractivity contribution in [3.05, 3.63) is 72.3 Å². The predicted octanol–water partition coefficient (Wildman–Crippen LogP) is 1.12. The summed E-state index contributed by atoms with van der Waals surface area (Å²) in [5.74, 6) is -3.82. The van der Waals surface area contributed by atoms with Crippen molar-refractivity contribution in [3.8, 4) is 0 Å². The van der Waals surface area contributed by atoms with Gasteiger partial charge in [0.2, 0.25) is 5.91 Å². The summed E-state index contributed by atoms with van der Waals surface area (Å²) in [5, 5.41) is 15.5. The molecule has 0 aromatic heterocycles. The molecule has 12 nitrogen and oxygen atoms in total. The van der Waals surface area contributed by atoms with Gasteiger partial charge in [0.05, 0.1) is 30.4 Å². The number of nitrogens with one attached hydrogen (secondary N) is 2. The summed E-state index contributed by atoms with van der Waals surface area (Å²) >= 11 is 0. The van der Waals surface area contributed by atoms with E-state index in [1.54, 1.807) is 42.5 Å². The van der Waals surface area contributed by atoms with Gasteiger partial charge in [-0.05, 0) is 29.0 Å². The van der Waals surface area contributed by atoms with Gasteiger partial charge in [-0.2, -0.15) is 0 Å². The largest absolute Gasteiger partial charge is 0.481 e. The van der Waals surface area contributed by atoms with Crippen LogP contribution in [0.3, 0.4) is 0 Å². The highest BCUT2D eigenvalue weighted by molar-refractivity contribution is 6.13. The number of benzene rings is 3. The molecule has 212 valence electrons. The Morgan fingerprint density at radius 1 is 1.02 bits per heavy atom. The van der Waals surface area contributed by atoms with Crippen LogP contribution in [0.1, 0.15) is 16.8 Å². The maximum atomic E-state index is 13.9. The van der Waals surface area contributed by atoms with Gasteiger partial charge in [-0.15, -0.1) is 0 Å². The van der Waals surface area contributed by atoms with Crippen molar-refractivity contribution in [1.29, 1.82) is 0 Å². The lowest BCUT2D eigenvalue weighted by Crippen LogP contribution is -2.55. The second-order valence-electron chi connectivity index (χ2n) is 9.31. The number of hydrogen-bond donors (Lipinski definition) is 3. The van der Waals surface area contributed by atoms with Crippen LogP contribution in [0.15, 0.2) is 66.7 Å². The number of ether oxygens (including phenoxy) is 1. The number of aliphatic carboxylic acids is 1. The third-order valence-corrected chi connectivity index (χ3v) is 6.51. The average molecular weight is 561 g/mol. The minimum atomic E-state index is -1.31. The molecule has 0 saturated carbocycles. The summed E-state index contributed by atoms with van der Waals surface area (Å²) in [5.41, 5.74) is 0.828. The van der Waals surface area contributed by atoms with Crippen molar-refractivity contribution in [1.82, 2.24) is 10.6 Å². The maximum absolute atomic E-state index is 13.9. The van der Waals surface area contributed by atoms with Crippen LogP contribution in [0.25, 0.3) is 10.8 Å². The Hall–Kier alpha value is -5.10. The Morgan fingerprint density at radius 2 is 1.71 bits per heavy atom. The van der Waals surface area contributed by atoms with Gasteiger partial charge >= 0.3 is 5.97 Å². The van der Waals surface area contributed by atoms with Crippen molar-refractivity contribution < 1.29 is 38.6 Å². The van der Waals surface area contributed by atoms with E-state index in [9.17, 15) is 28.8 Å². The van der Waals surface area contributed by atoms with E-state index in [4.69, 9.17) is 9.84 Å². The van der Waals surface area contributed by atoms with Crippen molar-refractivity contribution >= 4 is 58.0 Å². The highest BCUT2D eigenvalue weighted by Gasteiger charge is 2.38. The zero-order chi connectivity index (χ0) is 29.5. The molecule has 0 radical (unpaired) electrons. The molecule has 1 unspecified atom stereocenters. The Balaban J connectivity index is 1.70. The fraction of sp³-hybridized carbons (Fsp3) is 0.241. The zero-order valence-corrected chi connectivity index (χ0v) is 22.1. The van der Waals surface area contributed by atoms with Crippen molar-refractivity contribution in [2.75, 3.05) is 36.6 Å². The molecule has 3 aromatic rings. The molecule has 0 saturated heterocycles.